The third-order valence-electron chi connectivity index (χ3n) is 5.78. The van der Waals surface area contributed by atoms with E-state index < -0.39 is 0 Å². The third-order valence-corrected chi connectivity index (χ3v) is 8.12. The zero-order valence-corrected chi connectivity index (χ0v) is 20.0. The number of para-hydroxylation sites is 2. The lowest BCUT2D eigenvalue weighted by molar-refractivity contribution is -0.125. The molecule has 33 heavy (non-hydrogen) atoms. The van der Waals surface area contributed by atoms with Crippen molar-refractivity contribution >= 4 is 46.8 Å². The van der Waals surface area contributed by atoms with Gasteiger partial charge in [-0.2, -0.15) is 0 Å². The maximum atomic E-state index is 12.9. The van der Waals surface area contributed by atoms with Crippen molar-refractivity contribution in [3.05, 3.63) is 83.9 Å². The van der Waals surface area contributed by atoms with Crippen molar-refractivity contribution < 1.29 is 9.59 Å². The minimum atomic E-state index is -0.313. The number of amides is 3. The first kappa shape index (κ1) is 21.9. The number of nitrogens with one attached hydrogen (secondary N) is 1. The van der Waals surface area contributed by atoms with Crippen LogP contribution in [-0.4, -0.2) is 35.7 Å². The summed E-state index contributed by atoms with van der Waals surface area (Å²) < 4.78 is 0. The average Bonchev–Trinajstić information content (AvgIpc) is 3.22. The second kappa shape index (κ2) is 9.53. The molecule has 168 valence electrons. The van der Waals surface area contributed by atoms with E-state index in [2.05, 4.69) is 58.7 Å². The first-order valence-electron chi connectivity index (χ1n) is 11.0. The molecule has 5 rings (SSSR count). The zero-order valence-electron chi connectivity index (χ0n) is 18.4. The maximum Gasteiger partial charge on any atom is 0.325 e. The molecule has 3 aromatic carbocycles. The molecule has 2 aliphatic heterocycles. The lowest BCUT2D eigenvalue weighted by atomic mass is 10.1. The second-order valence-corrected chi connectivity index (χ2v) is 10.3. The SMILES string of the molecule is Cc1cccc(C2SCC(=O)N2C(=O)NCCCN2c3ccccc3Sc3ccccc32)c1. The number of imide groups is 1. The van der Waals surface area contributed by atoms with Crippen LogP contribution >= 0.6 is 23.5 Å². The van der Waals surface area contributed by atoms with Gasteiger partial charge in [0, 0.05) is 22.9 Å². The van der Waals surface area contributed by atoms with Gasteiger partial charge in [0.1, 0.15) is 5.37 Å². The van der Waals surface area contributed by atoms with Crippen LogP contribution in [0.3, 0.4) is 0 Å². The molecule has 0 aromatic heterocycles. The molecule has 3 aromatic rings. The largest absolute Gasteiger partial charge is 0.340 e. The topological polar surface area (TPSA) is 52.7 Å². The van der Waals surface area contributed by atoms with Crippen molar-refractivity contribution in [1.29, 1.82) is 0 Å². The second-order valence-electron chi connectivity index (χ2n) is 8.12. The number of thioether (sulfide) groups is 1. The summed E-state index contributed by atoms with van der Waals surface area (Å²) in [6.45, 7) is 3.30. The van der Waals surface area contributed by atoms with Gasteiger partial charge < -0.3 is 10.2 Å². The molecule has 1 saturated heterocycles. The van der Waals surface area contributed by atoms with Crippen LogP contribution in [0.2, 0.25) is 0 Å². The van der Waals surface area contributed by atoms with Gasteiger partial charge in [-0.25, -0.2) is 9.69 Å². The quantitative estimate of drug-likeness (QED) is 0.461. The Labute approximate surface area is 202 Å². The number of aryl methyl sites for hydroxylation is 1. The van der Waals surface area contributed by atoms with E-state index >= 15 is 0 Å². The summed E-state index contributed by atoms with van der Waals surface area (Å²) in [5.41, 5.74) is 4.49. The Bertz CT molecular complexity index is 1150. The number of hydrogen-bond donors (Lipinski definition) is 1. The summed E-state index contributed by atoms with van der Waals surface area (Å²) in [6, 6.07) is 24.5. The van der Waals surface area contributed by atoms with E-state index in [1.54, 1.807) is 11.8 Å². The predicted molar refractivity (Wildman–Crippen MR) is 135 cm³/mol. The number of carbonyl (C=O) groups is 2. The molecule has 0 spiro atoms. The van der Waals surface area contributed by atoms with Crippen molar-refractivity contribution in [1.82, 2.24) is 10.2 Å². The molecule has 0 aliphatic carbocycles. The average molecular weight is 476 g/mol. The van der Waals surface area contributed by atoms with E-state index in [1.807, 2.05) is 31.2 Å². The highest BCUT2D eigenvalue weighted by Crippen LogP contribution is 2.47. The Balaban J connectivity index is 1.24. The molecule has 0 radical (unpaired) electrons. The number of hydrogen-bond acceptors (Lipinski definition) is 5. The molecule has 5 nitrogen and oxygen atoms in total. The highest BCUT2D eigenvalue weighted by molar-refractivity contribution is 8.00. The van der Waals surface area contributed by atoms with Gasteiger partial charge in [-0.3, -0.25) is 4.79 Å². The fourth-order valence-electron chi connectivity index (χ4n) is 4.25. The first-order chi connectivity index (χ1) is 16.1. The number of benzene rings is 3. The van der Waals surface area contributed by atoms with E-state index in [4.69, 9.17) is 0 Å². The Kier molecular flexibility index (Phi) is 6.33. The molecular weight excluding hydrogens is 450 g/mol. The number of urea groups is 1. The highest BCUT2D eigenvalue weighted by atomic mass is 32.2. The van der Waals surface area contributed by atoms with E-state index in [9.17, 15) is 9.59 Å². The summed E-state index contributed by atoms with van der Waals surface area (Å²) in [4.78, 5) is 31.6. The van der Waals surface area contributed by atoms with E-state index in [-0.39, 0.29) is 17.3 Å². The molecule has 7 heteroatoms. The molecule has 2 heterocycles. The normalized spacial score (nSPS) is 17.0. The maximum absolute atomic E-state index is 12.9. The molecule has 0 bridgehead atoms. The minimum absolute atomic E-state index is 0.139. The van der Waals surface area contributed by atoms with Crippen molar-refractivity contribution in [3.8, 4) is 0 Å². The van der Waals surface area contributed by atoms with E-state index in [0.29, 0.717) is 12.3 Å². The highest BCUT2D eigenvalue weighted by Gasteiger charge is 2.37. The Morgan fingerprint density at radius 1 is 1.00 bits per heavy atom. The van der Waals surface area contributed by atoms with Crippen molar-refractivity contribution in [2.24, 2.45) is 0 Å². The molecule has 1 N–H and O–H groups in total. The van der Waals surface area contributed by atoms with Gasteiger partial charge in [-0.15, -0.1) is 11.8 Å². The fraction of sp³-hybridized carbons (Fsp3) is 0.231. The van der Waals surface area contributed by atoms with Crippen LogP contribution in [0.25, 0.3) is 0 Å². The molecule has 1 fully saturated rings. The molecule has 1 unspecified atom stereocenters. The number of carbonyl (C=O) groups excluding carboxylic acids is 2. The number of rotatable bonds is 5. The van der Waals surface area contributed by atoms with Gasteiger partial charge in [0.25, 0.3) is 0 Å². The predicted octanol–water partition coefficient (Wildman–Crippen LogP) is 5.97. The number of fused-ring (bicyclic) bond motifs is 2. The van der Waals surface area contributed by atoms with E-state index in [1.165, 1.54) is 37.8 Å². The summed E-state index contributed by atoms with van der Waals surface area (Å²) in [5.74, 6) is 0.185. The van der Waals surface area contributed by atoms with Crippen molar-refractivity contribution in [2.75, 3.05) is 23.7 Å². The van der Waals surface area contributed by atoms with Crippen LogP contribution in [0, 0.1) is 6.92 Å². The van der Waals surface area contributed by atoms with Gasteiger partial charge in [-0.05, 0) is 43.2 Å². The Morgan fingerprint density at radius 2 is 1.70 bits per heavy atom. The van der Waals surface area contributed by atoms with Crippen molar-refractivity contribution in [3.63, 3.8) is 0 Å². The smallest absolute Gasteiger partial charge is 0.325 e. The minimum Gasteiger partial charge on any atom is -0.340 e. The lowest BCUT2D eigenvalue weighted by Crippen LogP contribution is -2.43. The van der Waals surface area contributed by atoms with Gasteiger partial charge >= 0.3 is 6.03 Å². The standard InChI is InChI=1S/C26H25N3O2S2/c1-18-8-6-9-19(16-18)25-29(24(30)17-32-25)26(31)27-14-7-15-28-20-10-2-4-12-22(20)33-23-13-5-3-11-21(23)28/h2-6,8-13,16,25H,7,14-15,17H2,1H3,(H,27,31). The third kappa shape index (κ3) is 4.48. The summed E-state index contributed by atoms with van der Waals surface area (Å²) in [5, 5.41) is 2.71. The van der Waals surface area contributed by atoms with Gasteiger partial charge in [0.05, 0.1) is 17.1 Å². The summed E-state index contributed by atoms with van der Waals surface area (Å²) in [6.07, 6.45) is 0.767. The lowest BCUT2D eigenvalue weighted by Gasteiger charge is -2.32. The van der Waals surface area contributed by atoms with Crippen LogP contribution in [0.4, 0.5) is 16.2 Å². The summed E-state index contributed by atoms with van der Waals surface area (Å²) in [7, 11) is 0. The van der Waals surface area contributed by atoms with Crippen LogP contribution in [0.15, 0.2) is 82.6 Å². The number of anilines is 2. The van der Waals surface area contributed by atoms with Crippen LogP contribution in [0.1, 0.15) is 22.9 Å². The first-order valence-corrected chi connectivity index (χ1v) is 12.9. The Morgan fingerprint density at radius 3 is 2.39 bits per heavy atom. The Hall–Kier alpha value is -2.90. The van der Waals surface area contributed by atoms with E-state index in [0.717, 1.165) is 24.1 Å². The van der Waals surface area contributed by atoms with Gasteiger partial charge in [0.15, 0.2) is 0 Å². The number of nitrogens with zero attached hydrogens (tertiary/aromatic N) is 2. The van der Waals surface area contributed by atoms with Crippen molar-refractivity contribution in [2.45, 2.75) is 28.5 Å². The molecular formula is C26H25N3O2S2. The van der Waals surface area contributed by atoms with Gasteiger partial charge in [0.2, 0.25) is 5.91 Å². The molecule has 0 saturated carbocycles. The van der Waals surface area contributed by atoms with Crippen LogP contribution < -0.4 is 10.2 Å². The van der Waals surface area contributed by atoms with Crippen LogP contribution in [-0.2, 0) is 4.79 Å². The van der Waals surface area contributed by atoms with Crippen LogP contribution in [0.5, 0.6) is 0 Å². The zero-order chi connectivity index (χ0) is 22.8. The summed E-state index contributed by atoms with van der Waals surface area (Å²) >= 11 is 3.29. The molecule has 2 aliphatic rings. The molecule has 1 atom stereocenters. The fourth-order valence-corrected chi connectivity index (χ4v) is 6.49. The monoisotopic (exact) mass is 475 g/mol. The van der Waals surface area contributed by atoms with Gasteiger partial charge in [-0.1, -0.05) is 65.9 Å². The molecule has 3 amide bonds.